The van der Waals surface area contributed by atoms with Crippen LogP contribution in [0.1, 0.15) is 37.1 Å². The Morgan fingerprint density at radius 3 is 2.87 bits per heavy atom. The summed E-state index contributed by atoms with van der Waals surface area (Å²) >= 11 is 1.65. The molecule has 0 spiro atoms. The van der Waals surface area contributed by atoms with Crippen molar-refractivity contribution in [3.63, 3.8) is 0 Å². The first-order chi connectivity index (χ1) is 7.12. The maximum absolute atomic E-state index is 11.8. The molecule has 0 saturated heterocycles. The van der Waals surface area contributed by atoms with E-state index in [-0.39, 0.29) is 11.9 Å². The Morgan fingerprint density at radius 1 is 1.67 bits per heavy atom. The first kappa shape index (κ1) is 10.6. The molecule has 0 bridgehead atoms. The van der Waals surface area contributed by atoms with Gasteiger partial charge in [-0.25, -0.2) is 0 Å². The molecule has 0 aromatic carbocycles. The SMILES string of the molecule is C[C@@H](NC(=O)C1(N)CCC1)c1cccs1. The van der Waals surface area contributed by atoms with E-state index in [1.165, 1.54) is 4.88 Å². The van der Waals surface area contributed by atoms with Crippen LogP contribution in [0.5, 0.6) is 0 Å². The number of nitrogens with two attached hydrogens (primary N) is 1. The second kappa shape index (κ2) is 3.94. The Labute approximate surface area is 93.7 Å². The van der Waals surface area contributed by atoms with Gasteiger partial charge >= 0.3 is 0 Å². The molecule has 1 fully saturated rings. The topological polar surface area (TPSA) is 55.1 Å². The van der Waals surface area contributed by atoms with Crippen LogP contribution in [0.15, 0.2) is 17.5 Å². The van der Waals surface area contributed by atoms with Gasteiger partial charge in [-0.2, -0.15) is 0 Å². The maximum Gasteiger partial charge on any atom is 0.240 e. The lowest BCUT2D eigenvalue weighted by atomic mass is 9.77. The molecular formula is C11H16N2OS. The normalized spacial score (nSPS) is 20.4. The highest BCUT2D eigenvalue weighted by atomic mass is 32.1. The maximum atomic E-state index is 11.8. The summed E-state index contributed by atoms with van der Waals surface area (Å²) < 4.78 is 0. The monoisotopic (exact) mass is 224 g/mol. The molecule has 0 unspecified atom stereocenters. The average Bonchev–Trinajstić information content (AvgIpc) is 2.66. The molecule has 15 heavy (non-hydrogen) atoms. The fourth-order valence-corrected chi connectivity index (χ4v) is 2.47. The third-order valence-corrected chi connectivity index (χ3v) is 4.07. The van der Waals surface area contributed by atoms with Crippen molar-refractivity contribution in [2.75, 3.05) is 0 Å². The van der Waals surface area contributed by atoms with E-state index in [1.807, 2.05) is 24.4 Å². The molecule has 1 saturated carbocycles. The quantitative estimate of drug-likeness (QED) is 0.822. The summed E-state index contributed by atoms with van der Waals surface area (Å²) in [7, 11) is 0. The van der Waals surface area contributed by atoms with Crippen LogP contribution in [0.25, 0.3) is 0 Å². The van der Waals surface area contributed by atoms with E-state index in [9.17, 15) is 4.79 Å². The second-order valence-electron chi connectivity index (χ2n) is 4.22. The van der Waals surface area contributed by atoms with Crippen LogP contribution in [0.2, 0.25) is 0 Å². The lowest BCUT2D eigenvalue weighted by molar-refractivity contribution is -0.129. The fourth-order valence-electron chi connectivity index (χ4n) is 1.73. The molecule has 3 N–H and O–H groups in total. The number of amides is 1. The lowest BCUT2D eigenvalue weighted by Crippen LogP contribution is -2.58. The van der Waals surface area contributed by atoms with Crippen LogP contribution in [0, 0.1) is 0 Å². The molecular weight excluding hydrogens is 208 g/mol. The number of rotatable bonds is 3. The molecule has 2 rings (SSSR count). The molecule has 4 heteroatoms. The van der Waals surface area contributed by atoms with Gasteiger partial charge < -0.3 is 11.1 Å². The van der Waals surface area contributed by atoms with Crippen molar-refractivity contribution in [3.05, 3.63) is 22.4 Å². The Morgan fingerprint density at radius 2 is 2.40 bits per heavy atom. The highest BCUT2D eigenvalue weighted by Crippen LogP contribution is 2.30. The van der Waals surface area contributed by atoms with E-state index in [4.69, 9.17) is 5.73 Å². The number of carbonyl (C=O) groups excluding carboxylic acids is 1. The van der Waals surface area contributed by atoms with Gasteiger partial charge in [-0.15, -0.1) is 11.3 Å². The molecule has 1 aliphatic carbocycles. The summed E-state index contributed by atoms with van der Waals surface area (Å²) in [5.74, 6) is -0.00495. The summed E-state index contributed by atoms with van der Waals surface area (Å²) in [5, 5.41) is 4.98. The standard InChI is InChI=1S/C11H16N2OS/c1-8(9-4-2-7-15-9)13-10(14)11(12)5-3-6-11/h2,4,7-8H,3,5-6,12H2,1H3,(H,13,14)/t8-/m1/s1. The summed E-state index contributed by atoms with van der Waals surface area (Å²) in [6, 6.07) is 4.09. The molecule has 0 aliphatic heterocycles. The average molecular weight is 224 g/mol. The summed E-state index contributed by atoms with van der Waals surface area (Å²) in [5.41, 5.74) is 5.35. The zero-order valence-corrected chi connectivity index (χ0v) is 9.64. The molecule has 3 nitrogen and oxygen atoms in total. The first-order valence-corrected chi connectivity index (χ1v) is 6.13. The molecule has 82 valence electrons. The molecule has 0 radical (unpaired) electrons. The number of thiophene rings is 1. The van der Waals surface area contributed by atoms with Crippen molar-refractivity contribution in [1.29, 1.82) is 0 Å². The van der Waals surface area contributed by atoms with Crippen molar-refractivity contribution in [3.8, 4) is 0 Å². The van der Waals surface area contributed by atoms with Gasteiger partial charge in [0.05, 0.1) is 11.6 Å². The first-order valence-electron chi connectivity index (χ1n) is 5.25. The van der Waals surface area contributed by atoms with Crippen molar-refractivity contribution < 1.29 is 4.79 Å². The molecule has 1 aliphatic rings. The zero-order valence-electron chi connectivity index (χ0n) is 8.82. The Hall–Kier alpha value is -0.870. The minimum Gasteiger partial charge on any atom is -0.347 e. The molecule has 1 aromatic rings. The summed E-state index contributed by atoms with van der Waals surface area (Å²) in [6.07, 6.45) is 2.70. The van der Waals surface area contributed by atoms with Crippen molar-refractivity contribution >= 4 is 17.2 Å². The highest BCUT2D eigenvalue weighted by Gasteiger charge is 2.40. The van der Waals surface area contributed by atoms with Gasteiger partial charge in [-0.1, -0.05) is 6.07 Å². The molecule has 1 atom stereocenters. The van der Waals surface area contributed by atoms with Gasteiger partial charge in [0.25, 0.3) is 0 Å². The summed E-state index contributed by atoms with van der Waals surface area (Å²) in [6.45, 7) is 1.99. The van der Waals surface area contributed by atoms with Crippen molar-refractivity contribution in [2.45, 2.75) is 37.8 Å². The van der Waals surface area contributed by atoms with E-state index >= 15 is 0 Å². The Balaban J connectivity index is 1.94. The number of nitrogens with one attached hydrogen (secondary N) is 1. The molecule has 1 aromatic heterocycles. The largest absolute Gasteiger partial charge is 0.347 e. The van der Waals surface area contributed by atoms with Crippen molar-refractivity contribution in [1.82, 2.24) is 5.32 Å². The minimum atomic E-state index is -0.592. The third-order valence-electron chi connectivity index (χ3n) is 3.02. The van der Waals surface area contributed by atoms with E-state index in [2.05, 4.69) is 5.32 Å². The van der Waals surface area contributed by atoms with Crippen molar-refractivity contribution in [2.24, 2.45) is 5.73 Å². The number of hydrogen-bond donors (Lipinski definition) is 2. The number of carbonyl (C=O) groups is 1. The van der Waals surface area contributed by atoms with E-state index < -0.39 is 5.54 Å². The third kappa shape index (κ3) is 2.06. The van der Waals surface area contributed by atoms with E-state index in [0.717, 1.165) is 19.3 Å². The van der Waals surface area contributed by atoms with Crippen LogP contribution >= 0.6 is 11.3 Å². The lowest BCUT2D eigenvalue weighted by Gasteiger charge is -2.37. The predicted molar refractivity (Wildman–Crippen MR) is 61.6 cm³/mol. The van der Waals surface area contributed by atoms with Crippen LogP contribution in [0.3, 0.4) is 0 Å². The smallest absolute Gasteiger partial charge is 0.240 e. The fraction of sp³-hybridized carbons (Fsp3) is 0.545. The van der Waals surface area contributed by atoms with Gasteiger partial charge in [0.1, 0.15) is 0 Å². The second-order valence-corrected chi connectivity index (χ2v) is 5.20. The predicted octanol–water partition coefficient (Wildman–Crippen LogP) is 1.81. The zero-order chi connectivity index (χ0) is 10.9. The Kier molecular flexibility index (Phi) is 2.80. The number of hydrogen-bond acceptors (Lipinski definition) is 3. The van der Waals surface area contributed by atoms with Crippen LogP contribution in [0.4, 0.5) is 0 Å². The Bertz CT molecular complexity index is 343. The van der Waals surface area contributed by atoms with E-state index in [0.29, 0.717) is 0 Å². The summed E-state index contributed by atoms with van der Waals surface area (Å²) in [4.78, 5) is 13.0. The van der Waals surface area contributed by atoms with Gasteiger partial charge in [-0.05, 0) is 37.6 Å². The molecule has 1 heterocycles. The van der Waals surface area contributed by atoms with Gasteiger partial charge in [-0.3, -0.25) is 4.79 Å². The molecule has 1 amide bonds. The van der Waals surface area contributed by atoms with Crippen LogP contribution in [-0.4, -0.2) is 11.4 Å². The van der Waals surface area contributed by atoms with Crippen LogP contribution < -0.4 is 11.1 Å². The van der Waals surface area contributed by atoms with Crippen LogP contribution in [-0.2, 0) is 4.79 Å². The van der Waals surface area contributed by atoms with Gasteiger partial charge in [0.2, 0.25) is 5.91 Å². The van der Waals surface area contributed by atoms with Gasteiger partial charge in [0, 0.05) is 4.88 Å². The highest BCUT2D eigenvalue weighted by molar-refractivity contribution is 7.10. The van der Waals surface area contributed by atoms with Gasteiger partial charge in [0.15, 0.2) is 0 Å². The van der Waals surface area contributed by atoms with E-state index in [1.54, 1.807) is 11.3 Å². The minimum absolute atomic E-state index is 0.00495.